The molecule has 1 aliphatic heterocycles. The zero-order valence-electron chi connectivity index (χ0n) is 12.2. The zero-order chi connectivity index (χ0) is 15.5. The van der Waals surface area contributed by atoms with E-state index in [4.69, 9.17) is 0 Å². The van der Waals surface area contributed by atoms with Crippen molar-refractivity contribution >= 4 is 27.3 Å². The van der Waals surface area contributed by atoms with Crippen LogP contribution in [0.15, 0.2) is 24.3 Å². The van der Waals surface area contributed by atoms with Gasteiger partial charge in [0.05, 0.1) is 11.8 Å². The van der Waals surface area contributed by atoms with E-state index in [1.807, 2.05) is 6.92 Å². The minimum atomic E-state index is -3.28. The van der Waals surface area contributed by atoms with Crippen molar-refractivity contribution in [2.75, 3.05) is 22.3 Å². The Bertz CT molecular complexity index is 598. The lowest BCUT2D eigenvalue weighted by Gasteiger charge is -2.15. The Balaban J connectivity index is 1.98. The average Bonchev–Trinajstić information content (AvgIpc) is 2.87. The predicted octanol–water partition coefficient (Wildman–Crippen LogP) is 1.38. The van der Waals surface area contributed by atoms with Crippen LogP contribution in [-0.2, 0) is 14.8 Å². The molecule has 2 rings (SSSR count). The summed E-state index contributed by atoms with van der Waals surface area (Å²) in [5.41, 5.74) is 1.14. The van der Waals surface area contributed by atoms with E-state index >= 15 is 0 Å². The molecule has 1 heterocycles. The van der Waals surface area contributed by atoms with Gasteiger partial charge in [0.1, 0.15) is 0 Å². The van der Waals surface area contributed by atoms with Gasteiger partial charge in [0.25, 0.3) is 0 Å². The van der Waals surface area contributed by atoms with Gasteiger partial charge in [0.2, 0.25) is 15.9 Å². The maximum absolute atomic E-state index is 12.1. The smallest absolute Gasteiger partial charge is 0.241 e. The summed E-state index contributed by atoms with van der Waals surface area (Å²) in [6.45, 7) is 4.48. The number of nitrogens with one attached hydrogen (secondary N) is 3. The second-order valence-corrected chi connectivity index (χ2v) is 7.28. The molecule has 1 saturated heterocycles. The largest absolute Gasteiger partial charge is 0.325 e. The van der Waals surface area contributed by atoms with Crippen LogP contribution < -0.4 is 15.4 Å². The number of carbonyl (C=O) groups excluding carboxylic acids is 1. The van der Waals surface area contributed by atoms with E-state index in [1.54, 1.807) is 31.2 Å². The van der Waals surface area contributed by atoms with Gasteiger partial charge in [0.15, 0.2) is 0 Å². The molecule has 2 unspecified atom stereocenters. The standard InChI is InChI=1S/C14H21N3O3S/c1-3-21(19,20)17-12-6-4-11(5-7-12)16-14(18)13-10(2)8-9-15-13/h4-7,10,13,15,17H,3,8-9H2,1-2H3,(H,16,18). The van der Waals surface area contributed by atoms with Crippen LogP contribution in [0, 0.1) is 5.92 Å². The molecule has 0 aromatic heterocycles. The lowest BCUT2D eigenvalue weighted by molar-refractivity contribution is -0.118. The zero-order valence-corrected chi connectivity index (χ0v) is 13.0. The van der Waals surface area contributed by atoms with Crippen molar-refractivity contribution in [2.45, 2.75) is 26.3 Å². The normalized spacial score (nSPS) is 22.0. The molecule has 116 valence electrons. The first-order valence-electron chi connectivity index (χ1n) is 7.06. The Morgan fingerprint density at radius 2 is 1.90 bits per heavy atom. The quantitative estimate of drug-likeness (QED) is 0.767. The third kappa shape index (κ3) is 4.18. The minimum absolute atomic E-state index is 0.0245. The van der Waals surface area contributed by atoms with E-state index in [-0.39, 0.29) is 17.7 Å². The first kappa shape index (κ1) is 15.8. The van der Waals surface area contributed by atoms with Crippen molar-refractivity contribution < 1.29 is 13.2 Å². The highest BCUT2D eigenvalue weighted by Gasteiger charge is 2.29. The fraction of sp³-hybridized carbons (Fsp3) is 0.500. The number of carbonyl (C=O) groups is 1. The summed E-state index contributed by atoms with van der Waals surface area (Å²) in [6, 6.07) is 6.47. The van der Waals surface area contributed by atoms with Crippen LogP contribution in [0.3, 0.4) is 0 Å². The fourth-order valence-corrected chi connectivity index (χ4v) is 2.92. The molecule has 21 heavy (non-hydrogen) atoms. The molecule has 1 fully saturated rings. The van der Waals surface area contributed by atoms with Crippen molar-refractivity contribution in [3.63, 3.8) is 0 Å². The monoisotopic (exact) mass is 311 g/mol. The third-order valence-corrected chi connectivity index (χ3v) is 4.93. The van der Waals surface area contributed by atoms with E-state index in [9.17, 15) is 13.2 Å². The molecular weight excluding hydrogens is 290 g/mol. The van der Waals surface area contributed by atoms with E-state index in [2.05, 4.69) is 15.4 Å². The molecule has 1 amide bonds. The van der Waals surface area contributed by atoms with Crippen molar-refractivity contribution in [1.82, 2.24) is 5.32 Å². The molecule has 0 bridgehead atoms. The molecule has 1 aliphatic rings. The van der Waals surface area contributed by atoms with E-state index in [0.717, 1.165) is 13.0 Å². The number of hydrogen-bond donors (Lipinski definition) is 3. The Hall–Kier alpha value is -1.60. The molecule has 6 nitrogen and oxygen atoms in total. The van der Waals surface area contributed by atoms with Gasteiger partial charge in [0, 0.05) is 11.4 Å². The first-order chi connectivity index (χ1) is 9.91. The number of hydrogen-bond acceptors (Lipinski definition) is 4. The maximum Gasteiger partial charge on any atom is 0.241 e. The lowest BCUT2D eigenvalue weighted by Crippen LogP contribution is -2.39. The van der Waals surface area contributed by atoms with Gasteiger partial charge in [-0.25, -0.2) is 8.42 Å². The van der Waals surface area contributed by atoms with E-state index in [1.165, 1.54) is 0 Å². The number of anilines is 2. The highest BCUT2D eigenvalue weighted by atomic mass is 32.2. The van der Waals surface area contributed by atoms with Crippen LogP contribution in [0.4, 0.5) is 11.4 Å². The van der Waals surface area contributed by atoms with Crippen LogP contribution in [-0.4, -0.2) is 32.7 Å². The number of benzene rings is 1. The first-order valence-corrected chi connectivity index (χ1v) is 8.71. The van der Waals surface area contributed by atoms with Gasteiger partial charge in [-0.05, 0) is 50.1 Å². The molecular formula is C14H21N3O3S. The Morgan fingerprint density at radius 3 is 2.43 bits per heavy atom. The maximum atomic E-state index is 12.1. The van der Waals surface area contributed by atoms with Crippen LogP contribution in [0.5, 0.6) is 0 Å². The Morgan fingerprint density at radius 1 is 1.29 bits per heavy atom. The molecule has 3 N–H and O–H groups in total. The summed E-state index contributed by atoms with van der Waals surface area (Å²) in [5, 5.41) is 6.01. The summed E-state index contributed by atoms with van der Waals surface area (Å²) >= 11 is 0. The summed E-state index contributed by atoms with van der Waals surface area (Å²) in [7, 11) is -3.28. The van der Waals surface area contributed by atoms with Crippen LogP contribution in [0.1, 0.15) is 20.3 Å². The fourth-order valence-electron chi connectivity index (χ4n) is 2.28. The number of rotatable bonds is 5. The van der Waals surface area contributed by atoms with Crippen molar-refractivity contribution in [3.8, 4) is 0 Å². The SMILES string of the molecule is CCS(=O)(=O)Nc1ccc(NC(=O)C2NCCC2C)cc1. The minimum Gasteiger partial charge on any atom is -0.325 e. The highest BCUT2D eigenvalue weighted by Crippen LogP contribution is 2.18. The van der Waals surface area contributed by atoms with Crippen molar-refractivity contribution in [3.05, 3.63) is 24.3 Å². The van der Waals surface area contributed by atoms with E-state index in [0.29, 0.717) is 17.3 Å². The van der Waals surface area contributed by atoms with Crippen molar-refractivity contribution in [2.24, 2.45) is 5.92 Å². The summed E-state index contributed by atoms with van der Waals surface area (Å²) < 4.78 is 25.4. The third-order valence-electron chi connectivity index (χ3n) is 3.62. The van der Waals surface area contributed by atoms with Crippen LogP contribution in [0.2, 0.25) is 0 Å². The van der Waals surface area contributed by atoms with Crippen LogP contribution >= 0.6 is 0 Å². The molecule has 0 aliphatic carbocycles. The summed E-state index contributed by atoms with van der Waals surface area (Å²) in [6.07, 6.45) is 0.996. The van der Waals surface area contributed by atoms with E-state index < -0.39 is 10.0 Å². The highest BCUT2D eigenvalue weighted by molar-refractivity contribution is 7.92. The second-order valence-electron chi connectivity index (χ2n) is 5.27. The summed E-state index contributed by atoms with van der Waals surface area (Å²) in [5.74, 6) is 0.291. The van der Waals surface area contributed by atoms with Gasteiger partial charge >= 0.3 is 0 Å². The van der Waals surface area contributed by atoms with Gasteiger partial charge < -0.3 is 10.6 Å². The van der Waals surface area contributed by atoms with Gasteiger partial charge in [-0.2, -0.15) is 0 Å². The number of amides is 1. The average molecular weight is 311 g/mol. The van der Waals surface area contributed by atoms with Gasteiger partial charge in [-0.3, -0.25) is 9.52 Å². The van der Waals surface area contributed by atoms with Gasteiger partial charge in [-0.15, -0.1) is 0 Å². The Kier molecular flexibility index (Phi) is 4.84. The summed E-state index contributed by atoms with van der Waals surface area (Å²) in [4.78, 5) is 12.1. The molecule has 0 saturated carbocycles. The second kappa shape index (κ2) is 6.44. The number of sulfonamides is 1. The molecule has 7 heteroatoms. The molecule has 0 radical (unpaired) electrons. The lowest BCUT2D eigenvalue weighted by atomic mass is 10.0. The van der Waals surface area contributed by atoms with Gasteiger partial charge in [-0.1, -0.05) is 6.92 Å². The Labute approximate surface area is 125 Å². The van der Waals surface area contributed by atoms with Crippen molar-refractivity contribution in [1.29, 1.82) is 0 Å². The van der Waals surface area contributed by atoms with Crippen LogP contribution in [0.25, 0.3) is 0 Å². The molecule has 2 atom stereocenters. The molecule has 1 aromatic rings. The topological polar surface area (TPSA) is 87.3 Å². The predicted molar refractivity (Wildman–Crippen MR) is 83.7 cm³/mol. The molecule has 0 spiro atoms. The molecule has 1 aromatic carbocycles.